The quantitative estimate of drug-likeness (QED) is 0.715. The molecule has 0 amide bonds. The van der Waals surface area contributed by atoms with Crippen molar-refractivity contribution < 1.29 is 9.50 Å². The zero-order valence-electron chi connectivity index (χ0n) is 9.75. The van der Waals surface area contributed by atoms with Crippen LogP contribution in [0.1, 0.15) is 31.2 Å². The number of unbranched alkanes of at least 4 members (excludes halogenated alkanes) is 3. The SMILES string of the molecule is N#Cc1c(F)cccc1NCCCCCCO. The van der Waals surface area contributed by atoms with Gasteiger partial charge in [0.15, 0.2) is 0 Å². The van der Waals surface area contributed by atoms with E-state index in [1.807, 2.05) is 6.07 Å². The minimum atomic E-state index is -0.488. The van der Waals surface area contributed by atoms with Crippen LogP contribution in [0.25, 0.3) is 0 Å². The normalized spacial score (nSPS) is 9.94. The largest absolute Gasteiger partial charge is 0.396 e. The fourth-order valence-electron chi connectivity index (χ4n) is 1.60. The predicted octanol–water partition coefficient (Wildman–Crippen LogP) is 2.66. The molecule has 4 heteroatoms. The highest BCUT2D eigenvalue weighted by molar-refractivity contribution is 5.57. The minimum absolute atomic E-state index is 0.0721. The molecule has 0 radical (unpaired) electrons. The number of benzene rings is 1. The van der Waals surface area contributed by atoms with Gasteiger partial charge in [-0.3, -0.25) is 0 Å². The first kappa shape index (κ1) is 13.5. The molecule has 1 rings (SSSR count). The summed E-state index contributed by atoms with van der Waals surface area (Å²) < 4.78 is 13.2. The number of hydrogen-bond donors (Lipinski definition) is 2. The molecule has 92 valence electrons. The van der Waals surface area contributed by atoms with Crippen LogP contribution in [0, 0.1) is 17.1 Å². The Balaban J connectivity index is 2.37. The molecular weight excluding hydrogens is 219 g/mol. The first-order valence-electron chi connectivity index (χ1n) is 5.83. The zero-order chi connectivity index (χ0) is 12.5. The van der Waals surface area contributed by atoms with Crippen molar-refractivity contribution in [1.29, 1.82) is 5.26 Å². The van der Waals surface area contributed by atoms with Crippen molar-refractivity contribution in [2.75, 3.05) is 18.5 Å². The molecule has 0 spiro atoms. The van der Waals surface area contributed by atoms with E-state index in [0.29, 0.717) is 12.2 Å². The van der Waals surface area contributed by atoms with Gasteiger partial charge in [-0.1, -0.05) is 18.9 Å². The van der Waals surface area contributed by atoms with Crippen LogP contribution in [0.4, 0.5) is 10.1 Å². The number of rotatable bonds is 7. The molecule has 0 aliphatic rings. The van der Waals surface area contributed by atoms with Crippen LogP contribution in [-0.2, 0) is 0 Å². The molecule has 1 aromatic rings. The van der Waals surface area contributed by atoms with Crippen molar-refractivity contribution in [3.05, 3.63) is 29.6 Å². The first-order chi connectivity index (χ1) is 8.29. The van der Waals surface area contributed by atoms with Crippen molar-refractivity contribution in [3.8, 4) is 6.07 Å². The van der Waals surface area contributed by atoms with Gasteiger partial charge in [0.05, 0.1) is 5.69 Å². The molecule has 0 aliphatic heterocycles. The number of halogens is 1. The maximum absolute atomic E-state index is 13.2. The van der Waals surface area contributed by atoms with E-state index in [2.05, 4.69) is 5.32 Å². The second kappa shape index (κ2) is 7.64. The number of nitrogens with one attached hydrogen (secondary N) is 1. The van der Waals surface area contributed by atoms with Gasteiger partial charge in [0, 0.05) is 13.2 Å². The smallest absolute Gasteiger partial charge is 0.143 e. The topological polar surface area (TPSA) is 56.0 Å². The Morgan fingerprint density at radius 1 is 1.24 bits per heavy atom. The van der Waals surface area contributed by atoms with Gasteiger partial charge >= 0.3 is 0 Å². The molecule has 1 aromatic carbocycles. The highest BCUT2D eigenvalue weighted by Crippen LogP contribution is 2.17. The number of aliphatic hydroxyl groups is 1. The second-order valence-corrected chi connectivity index (χ2v) is 3.84. The van der Waals surface area contributed by atoms with Crippen LogP contribution >= 0.6 is 0 Å². The third kappa shape index (κ3) is 4.41. The monoisotopic (exact) mass is 236 g/mol. The molecule has 0 heterocycles. The van der Waals surface area contributed by atoms with Gasteiger partial charge in [-0.25, -0.2) is 4.39 Å². The Bertz CT molecular complexity index is 387. The van der Waals surface area contributed by atoms with E-state index < -0.39 is 5.82 Å². The molecule has 0 saturated heterocycles. The van der Waals surface area contributed by atoms with Crippen LogP contribution in [0.5, 0.6) is 0 Å². The Morgan fingerprint density at radius 3 is 2.71 bits per heavy atom. The summed E-state index contributed by atoms with van der Waals surface area (Å²) in [7, 11) is 0. The molecule has 0 fully saturated rings. The lowest BCUT2D eigenvalue weighted by atomic mass is 10.1. The van der Waals surface area contributed by atoms with E-state index >= 15 is 0 Å². The molecule has 0 unspecified atom stereocenters. The summed E-state index contributed by atoms with van der Waals surface area (Å²) in [6.07, 6.45) is 3.78. The summed E-state index contributed by atoms with van der Waals surface area (Å²) in [5, 5.41) is 20.5. The Kier molecular flexibility index (Phi) is 6.05. The maximum atomic E-state index is 13.2. The van der Waals surface area contributed by atoms with Gasteiger partial charge in [-0.2, -0.15) is 5.26 Å². The van der Waals surface area contributed by atoms with E-state index in [-0.39, 0.29) is 12.2 Å². The predicted molar refractivity (Wildman–Crippen MR) is 65.2 cm³/mol. The number of nitrogens with zero attached hydrogens (tertiary/aromatic N) is 1. The van der Waals surface area contributed by atoms with Crippen molar-refractivity contribution >= 4 is 5.69 Å². The first-order valence-corrected chi connectivity index (χ1v) is 5.83. The van der Waals surface area contributed by atoms with Crippen molar-refractivity contribution in [2.24, 2.45) is 0 Å². The maximum Gasteiger partial charge on any atom is 0.143 e. The third-order valence-electron chi connectivity index (χ3n) is 2.53. The number of anilines is 1. The summed E-state index contributed by atoms with van der Waals surface area (Å²) in [5.74, 6) is -0.488. The lowest BCUT2D eigenvalue weighted by Crippen LogP contribution is -2.04. The van der Waals surface area contributed by atoms with E-state index in [4.69, 9.17) is 10.4 Å². The number of hydrogen-bond acceptors (Lipinski definition) is 3. The van der Waals surface area contributed by atoms with E-state index in [0.717, 1.165) is 25.7 Å². The van der Waals surface area contributed by atoms with Crippen LogP contribution in [0.15, 0.2) is 18.2 Å². The van der Waals surface area contributed by atoms with Crippen molar-refractivity contribution in [1.82, 2.24) is 0 Å². The van der Waals surface area contributed by atoms with E-state index in [1.165, 1.54) is 6.07 Å². The fraction of sp³-hybridized carbons (Fsp3) is 0.462. The number of aliphatic hydroxyl groups excluding tert-OH is 1. The molecule has 3 nitrogen and oxygen atoms in total. The molecule has 17 heavy (non-hydrogen) atoms. The van der Waals surface area contributed by atoms with E-state index in [9.17, 15) is 4.39 Å². The number of nitriles is 1. The van der Waals surface area contributed by atoms with E-state index in [1.54, 1.807) is 12.1 Å². The van der Waals surface area contributed by atoms with Gasteiger partial charge in [-0.05, 0) is 25.0 Å². The van der Waals surface area contributed by atoms with Crippen molar-refractivity contribution in [3.63, 3.8) is 0 Å². The highest BCUT2D eigenvalue weighted by atomic mass is 19.1. The molecule has 0 aromatic heterocycles. The Labute approximate surface area is 101 Å². The average Bonchev–Trinajstić information content (AvgIpc) is 2.34. The minimum Gasteiger partial charge on any atom is -0.396 e. The Morgan fingerprint density at radius 2 is 2.00 bits per heavy atom. The molecule has 0 atom stereocenters. The van der Waals surface area contributed by atoms with Crippen LogP contribution in [0.3, 0.4) is 0 Å². The van der Waals surface area contributed by atoms with Crippen LogP contribution < -0.4 is 5.32 Å². The molecule has 2 N–H and O–H groups in total. The molecule has 0 bridgehead atoms. The second-order valence-electron chi connectivity index (χ2n) is 3.84. The highest BCUT2D eigenvalue weighted by Gasteiger charge is 2.06. The summed E-state index contributed by atoms with van der Waals surface area (Å²) in [5.41, 5.74) is 0.623. The zero-order valence-corrected chi connectivity index (χ0v) is 9.75. The van der Waals surface area contributed by atoms with Crippen molar-refractivity contribution in [2.45, 2.75) is 25.7 Å². The third-order valence-corrected chi connectivity index (χ3v) is 2.53. The van der Waals surface area contributed by atoms with Crippen LogP contribution in [-0.4, -0.2) is 18.3 Å². The summed E-state index contributed by atoms with van der Waals surface area (Å²) in [6.45, 7) is 0.944. The van der Waals surface area contributed by atoms with Gasteiger partial charge in [0.1, 0.15) is 17.4 Å². The lowest BCUT2D eigenvalue weighted by molar-refractivity contribution is 0.283. The molecule has 0 saturated carbocycles. The summed E-state index contributed by atoms with van der Waals surface area (Å²) in [6, 6.07) is 6.43. The lowest BCUT2D eigenvalue weighted by Gasteiger charge is -2.08. The summed E-state index contributed by atoms with van der Waals surface area (Å²) >= 11 is 0. The summed E-state index contributed by atoms with van der Waals surface area (Å²) in [4.78, 5) is 0. The van der Waals surface area contributed by atoms with Gasteiger partial charge in [0.25, 0.3) is 0 Å². The van der Waals surface area contributed by atoms with Gasteiger partial charge < -0.3 is 10.4 Å². The standard InChI is InChI=1S/C13H17FN2O/c14-12-6-5-7-13(11(12)10-15)16-8-3-1-2-4-9-17/h5-7,16-17H,1-4,8-9H2. The van der Waals surface area contributed by atoms with Crippen LogP contribution in [0.2, 0.25) is 0 Å². The van der Waals surface area contributed by atoms with Gasteiger partial charge in [0.2, 0.25) is 0 Å². The molecular formula is C13H17FN2O. The Hall–Kier alpha value is -1.60. The molecule has 0 aliphatic carbocycles. The fourth-order valence-corrected chi connectivity index (χ4v) is 1.60. The van der Waals surface area contributed by atoms with Gasteiger partial charge in [-0.15, -0.1) is 0 Å². The average molecular weight is 236 g/mol.